The maximum absolute atomic E-state index is 5.10. The average molecular weight is 291 g/mol. The van der Waals surface area contributed by atoms with Crippen LogP contribution in [0.3, 0.4) is 0 Å². The Bertz CT molecular complexity index is 36.0. The summed E-state index contributed by atoms with van der Waals surface area (Å²) in [7, 11) is 1.68. The molecule has 0 aliphatic carbocycles. The first-order chi connectivity index (χ1) is 3.91. The fourth-order valence-electron chi connectivity index (χ4n) is 0.389. The van der Waals surface area contributed by atoms with Gasteiger partial charge in [0.25, 0.3) is 0 Å². The van der Waals surface area contributed by atoms with Gasteiger partial charge in [-0.3, -0.25) is 0 Å². The zero-order valence-corrected chi connectivity index (χ0v) is 7.63. The Balaban J connectivity index is 0. The van der Waals surface area contributed by atoms with E-state index in [2.05, 4.69) is 6.92 Å². The summed E-state index contributed by atoms with van der Waals surface area (Å²) in [5.41, 5.74) is 0. The van der Waals surface area contributed by atoms with E-state index in [1.807, 2.05) is 0 Å². The molecule has 0 amide bonds. The second-order valence-corrected chi connectivity index (χ2v) is 1.61. The first kappa shape index (κ1) is 13.1. The summed E-state index contributed by atoms with van der Waals surface area (Å²) in [5.74, 6) is 0. The Morgan fingerprint density at radius 2 is 1.78 bits per heavy atom. The van der Waals surface area contributed by atoms with Gasteiger partial charge in [0, 0.05) is 60.6 Å². The Kier molecular flexibility index (Phi) is 17.6. The topological polar surface area (TPSA) is 18.5 Å². The number of hydrogen-bond acceptors (Lipinski definition) is 2. The van der Waals surface area contributed by atoms with Crippen molar-refractivity contribution in [1.82, 2.24) is 0 Å². The molecule has 0 heterocycles. The van der Waals surface area contributed by atoms with Crippen LogP contribution in [0.15, 0.2) is 0 Å². The summed E-state index contributed by atoms with van der Waals surface area (Å²) < 4.78 is 9.86. The fourth-order valence-corrected chi connectivity index (χ4v) is 0.389. The van der Waals surface area contributed by atoms with Crippen LogP contribution in [0.25, 0.3) is 0 Å². The molecule has 0 bridgehead atoms. The number of ether oxygens (including phenoxy) is 2. The maximum Gasteiger partial charge on any atom is 0.0700 e. The smallest absolute Gasteiger partial charge is 0.0700 e. The van der Waals surface area contributed by atoms with Gasteiger partial charge in [-0.1, -0.05) is 6.92 Å². The Labute approximate surface area is 95.5 Å². The van der Waals surface area contributed by atoms with Crippen molar-refractivity contribution in [2.45, 2.75) is 13.3 Å². The molecule has 0 aliphatic heterocycles. The van der Waals surface area contributed by atoms with Crippen LogP contribution in [0.4, 0.5) is 0 Å². The Morgan fingerprint density at radius 1 is 1.11 bits per heavy atom. The van der Waals surface area contributed by atoms with Gasteiger partial charge in [0.1, 0.15) is 0 Å². The first-order valence-electron chi connectivity index (χ1n) is 2.98. The molecule has 0 aliphatic rings. The minimum Gasteiger partial charge on any atom is -0.382 e. The molecule has 0 aromatic heterocycles. The summed E-state index contributed by atoms with van der Waals surface area (Å²) in [5, 5.41) is 0. The molecular weight excluding hydrogens is 277 g/mol. The maximum atomic E-state index is 5.10. The molecule has 0 unspecified atom stereocenters. The quantitative estimate of drug-likeness (QED) is 0.705. The van der Waals surface area contributed by atoms with Gasteiger partial charge < -0.3 is 9.47 Å². The second kappa shape index (κ2) is 12.1. The van der Waals surface area contributed by atoms with Crippen LogP contribution in [0.1, 0.15) is 13.3 Å². The van der Waals surface area contributed by atoms with Crippen molar-refractivity contribution in [3.8, 4) is 0 Å². The molecule has 0 saturated carbocycles. The molecule has 0 N–H and O–H groups in total. The largest absolute Gasteiger partial charge is 0.382 e. The van der Waals surface area contributed by atoms with Crippen LogP contribution < -0.4 is 0 Å². The van der Waals surface area contributed by atoms with Crippen molar-refractivity contribution in [2.75, 3.05) is 26.9 Å². The van der Waals surface area contributed by atoms with Gasteiger partial charge in [-0.25, -0.2) is 0 Å². The van der Waals surface area contributed by atoms with Crippen molar-refractivity contribution >= 4 is 0 Å². The third-order valence-electron chi connectivity index (χ3n) is 0.780. The van der Waals surface area contributed by atoms with Crippen molar-refractivity contribution in [3.63, 3.8) is 0 Å². The van der Waals surface area contributed by atoms with E-state index in [1.165, 1.54) is 0 Å². The van der Waals surface area contributed by atoms with Crippen LogP contribution in [0, 0.1) is 46.9 Å². The number of methoxy groups -OCH3 is 1. The van der Waals surface area contributed by atoms with Crippen molar-refractivity contribution in [2.24, 2.45) is 0 Å². The molecule has 0 aromatic rings. The van der Waals surface area contributed by atoms with Crippen LogP contribution in [0.2, 0.25) is 0 Å². The Morgan fingerprint density at radius 3 is 2.22 bits per heavy atom. The first-order valence-corrected chi connectivity index (χ1v) is 2.98. The summed E-state index contributed by atoms with van der Waals surface area (Å²) in [6, 6.07) is 0. The van der Waals surface area contributed by atoms with Gasteiger partial charge in [-0.2, -0.15) is 0 Å². The van der Waals surface area contributed by atoms with E-state index in [9.17, 15) is 0 Å². The van der Waals surface area contributed by atoms with Crippen LogP contribution in [-0.2, 0) is 9.47 Å². The van der Waals surface area contributed by atoms with E-state index in [0.717, 1.165) is 19.6 Å². The average Bonchev–Trinajstić information content (AvgIpc) is 1.81. The van der Waals surface area contributed by atoms with Crippen molar-refractivity contribution in [1.29, 1.82) is 0 Å². The molecule has 9 heavy (non-hydrogen) atoms. The molecule has 0 spiro atoms. The molecule has 0 rings (SSSR count). The summed E-state index contributed by atoms with van der Waals surface area (Å²) >= 11 is 0. The van der Waals surface area contributed by atoms with Crippen LogP contribution >= 0.6 is 0 Å². The SMILES string of the molecule is CCCOCCOC.[Yb]. The molecule has 0 fully saturated rings. The fraction of sp³-hybridized carbons (Fsp3) is 1.00. The van der Waals surface area contributed by atoms with Crippen molar-refractivity contribution < 1.29 is 56.4 Å². The zero-order valence-electron chi connectivity index (χ0n) is 5.91. The van der Waals surface area contributed by atoms with Gasteiger partial charge in [0.05, 0.1) is 13.2 Å². The van der Waals surface area contributed by atoms with Crippen molar-refractivity contribution in [3.05, 3.63) is 0 Å². The molecule has 0 saturated heterocycles. The minimum absolute atomic E-state index is 0. The van der Waals surface area contributed by atoms with E-state index < -0.39 is 0 Å². The Hall–Kier alpha value is 1.44. The third-order valence-corrected chi connectivity index (χ3v) is 0.780. The molecule has 2 nitrogen and oxygen atoms in total. The van der Waals surface area contributed by atoms with E-state index in [0.29, 0.717) is 6.61 Å². The van der Waals surface area contributed by atoms with Crippen LogP contribution in [0.5, 0.6) is 0 Å². The zero-order chi connectivity index (χ0) is 6.24. The van der Waals surface area contributed by atoms with E-state index in [-0.39, 0.29) is 46.9 Å². The molecule has 0 aromatic carbocycles. The molecule has 3 heteroatoms. The minimum atomic E-state index is 0. The van der Waals surface area contributed by atoms with Gasteiger partial charge in [-0.15, -0.1) is 0 Å². The van der Waals surface area contributed by atoms with Gasteiger partial charge >= 0.3 is 0 Å². The summed E-state index contributed by atoms with van der Waals surface area (Å²) in [4.78, 5) is 0. The monoisotopic (exact) mass is 292 g/mol. The molecule has 0 atom stereocenters. The van der Waals surface area contributed by atoms with Gasteiger partial charge in [0.2, 0.25) is 0 Å². The second-order valence-electron chi connectivity index (χ2n) is 1.61. The van der Waals surface area contributed by atoms with E-state index in [4.69, 9.17) is 9.47 Å². The van der Waals surface area contributed by atoms with Gasteiger partial charge in [-0.05, 0) is 6.42 Å². The summed E-state index contributed by atoms with van der Waals surface area (Å²) in [6.07, 6.45) is 1.09. The van der Waals surface area contributed by atoms with Gasteiger partial charge in [0.15, 0.2) is 0 Å². The van der Waals surface area contributed by atoms with E-state index in [1.54, 1.807) is 7.11 Å². The molecule has 64 valence electrons. The normalized spacial score (nSPS) is 8.67. The summed E-state index contributed by atoms with van der Waals surface area (Å²) in [6.45, 7) is 4.38. The predicted octanol–water partition coefficient (Wildman–Crippen LogP) is 1.06. The molecule has 0 radical (unpaired) electrons. The number of hydrogen-bond donors (Lipinski definition) is 0. The third kappa shape index (κ3) is 12.6. The predicted molar refractivity (Wildman–Crippen MR) is 33.0 cm³/mol. The van der Waals surface area contributed by atoms with Crippen LogP contribution in [-0.4, -0.2) is 26.9 Å². The standard InChI is InChI=1S/C6H14O2.Yb/c1-3-4-8-6-5-7-2;/h3-6H2,1-2H3;. The molecular formula is C6H14O2Yb. The number of rotatable bonds is 5. The van der Waals surface area contributed by atoms with E-state index >= 15 is 0 Å².